The molecule has 0 fully saturated rings. The van der Waals surface area contributed by atoms with E-state index in [0.717, 1.165) is 5.56 Å². The van der Waals surface area contributed by atoms with Gasteiger partial charge < -0.3 is 20.7 Å². The van der Waals surface area contributed by atoms with Crippen LogP contribution in [0.3, 0.4) is 0 Å². The molecule has 10 heteroatoms. The van der Waals surface area contributed by atoms with E-state index in [1.54, 1.807) is 53.3 Å². The molecule has 1 aliphatic heterocycles. The van der Waals surface area contributed by atoms with E-state index < -0.39 is 6.04 Å². The van der Waals surface area contributed by atoms with Crippen LogP contribution in [0, 0.1) is 5.92 Å². The van der Waals surface area contributed by atoms with E-state index in [9.17, 15) is 14.4 Å². The molecule has 36 heavy (non-hydrogen) atoms. The van der Waals surface area contributed by atoms with E-state index in [4.69, 9.17) is 4.74 Å². The number of nitrogens with one attached hydrogen (secondary N) is 3. The second-order valence-electron chi connectivity index (χ2n) is 9.11. The van der Waals surface area contributed by atoms with Gasteiger partial charge in [-0.1, -0.05) is 37.3 Å². The van der Waals surface area contributed by atoms with Crippen LogP contribution in [0.25, 0.3) is 0 Å². The molecule has 1 aromatic heterocycles. The maximum Gasteiger partial charge on any atom is 0.251 e. The fourth-order valence-corrected chi connectivity index (χ4v) is 3.87. The SMILES string of the molecule is CC(C)C[C@H]1NC(=O)c2cccc(c2)CNC(=O)c2cccc(c2)OCCn2cc(nn2)CNC1=O. The molecular weight excluding hydrogens is 460 g/mol. The van der Waals surface area contributed by atoms with E-state index >= 15 is 0 Å². The number of aromatic nitrogens is 3. The molecule has 2 aromatic carbocycles. The van der Waals surface area contributed by atoms with Gasteiger partial charge >= 0.3 is 0 Å². The topological polar surface area (TPSA) is 127 Å². The molecule has 3 aromatic rings. The predicted octanol–water partition coefficient (Wildman–Crippen LogP) is 2.06. The van der Waals surface area contributed by atoms with Gasteiger partial charge in [-0.2, -0.15) is 0 Å². The van der Waals surface area contributed by atoms with Crippen LogP contribution in [-0.2, 0) is 24.4 Å². The largest absolute Gasteiger partial charge is 0.492 e. The molecule has 3 amide bonds. The number of benzene rings is 2. The second kappa shape index (κ2) is 11.5. The van der Waals surface area contributed by atoms with Gasteiger partial charge in [-0.25, -0.2) is 4.68 Å². The van der Waals surface area contributed by atoms with E-state index in [-0.39, 0.29) is 36.7 Å². The number of hydrogen-bond acceptors (Lipinski definition) is 6. The van der Waals surface area contributed by atoms with Gasteiger partial charge in [0.05, 0.1) is 19.3 Å². The molecule has 0 aliphatic carbocycles. The molecular formula is C26H30N6O4. The molecule has 4 rings (SSSR count). The number of nitrogens with zero attached hydrogens (tertiary/aromatic N) is 3. The van der Waals surface area contributed by atoms with Gasteiger partial charge in [-0.05, 0) is 48.2 Å². The Labute approximate surface area is 209 Å². The molecule has 1 atom stereocenters. The Morgan fingerprint density at radius 1 is 1.00 bits per heavy atom. The van der Waals surface area contributed by atoms with Gasteiger partial charge in [0, 0.05) is 17.7 Å². The van der Waals surface area contributed by atoms with Gasteiger partial charge in [-0.3, -0.25) is 14.4 Å². The summed E-state index contributed by atoms with van der Waals surface area (Å²) >= 11 is 0. The number of fused-ring (bicyclic) bond motifs is 6. The first-order chi connectivity index (χ1) is 17.4. The average molecular weight is 491 g/mol. The van der Waals surface area contributed by atoms with Crippen LogP contribution in [0.4, 0.5) is 0 Å². The summed E-state index contributed by atoms with van der Waals surface area (Å²) in [5, 5.41) is 16.8. The zero-order valence-corrected chi connectivity index (χ0v) is 20.4. The Bertz CT molecular complexity index is 1240. The predicted molar refractivity (Wildman–Crippen MR) is 132 cm³/mol. The van der Waals surface area contributed by atoms with Crippen LogP contribution in [0.2, 0.25) is 0 Å². The number of hydrogen-bond donors (Lipinski definition) is 3. The summed E-state index contributed by atoms with van der Waals surface area (Å²) < 4.78 is 7.42. The smallest absolute Gasteiger partial charge is 0.251 e. The molecule has 1 aliphatic rings. The van der Waals surface area contributed by atoms with Crippen molar-refractivity contribution in [1.29, 1.82) is 0 Å². The van der Waals surface area contributed by atoms with Crippen LogP contribution in [0.15, 0.2) is 54.7 Å². The summed E-state index contributed by atoms with van der Waals surface area (Å²) in [6, 6.07) is 13.2. The Morgan fingerprint density at radius 3 is 2.58 bits per heavy atom. The Morgan fingerprint density at radius 2 is 1.78 bits per heavy atom. The highest BCUT2D eigenvalue weighted by Gasteiger charge is 2.23. The molecule has 188 valence electrons. The normalized spacial score (nSPS) is 17.3. The maximum atomic E-state index is 13.0. The lowest BCUT2D eigenvalue weighted by Gasteiger charge is -2.20. The molecule has 0 saturated carbocycles. The Hall–Kier alpha value is -4.21. The summed E-state index contributed by atoms with van der Waals surface area (Å²) in [4.78, 5) is 38.6. The van der Waals surface area contributed by atoms with Gasteiger partial charge in [-0.15, -0.1) is 5.10 Å². The van der Waals surface area contributed by atoms with Crippen molar-refractivity contribution in [2.24, 2.45) is 5.92 Å². The third kappa shape index (κ3) is 6.68. The van der Waals surface area contributed by atoms with Crippen LogP contribution < -0.4 is 20.7 Å². The van der Waals surface area contributed by atoms with Crippen molar-refractivity contribution in [2.45, 2.75) is 45.9 Å². The third-order valence-electron chi connectivity index (χ3n) is 5.69. The van der Waals surface area contributed by atoms with Gasteiger partial charge in [0.1, 0.15) is 24.1 Å². The molecule has 6 bridgehead atoms. The fraction of sp³-hybridized carbons (Fsp3) is 0.346. The van der Waals surface area contributed by atoms with E-state index in [1.165, 1.54) is 0 Å². The van der Waals surface area contributed by atoms with Crippen LogP contribution in [-0.4, -0.2) is 45.4 Å². The average Bonchev–Trinajstić information content (AvgIpc) is 3.32. The molecule has 0 spiro atoms. The minimum atomic E-state index is -0.704. The minimum Gasteiger partial charge on any atom is -0.492 e. The molecule has 10 nitrogen and oxygen atoms in total. The fourth-order valence-electron chi connectivity index (χ4n) is 3.87. The minimum absolute atomic E-state index is 0.190. The summed E-state index contributed by atoms with van der Waals surface area (Å²) in [5.74, 6) is -0.142. The standard InChI is InChI=1S/C26H30N6O4/c1-17(2)11-23-26(35)28-15-21-16-32(31-30-21)9-10-36-22-8-4-7-20(13-22)24(33)27-14-18-5-3-6-19(12-18)25(34)29-23/h3-8,12-13,16-17,23H,9-11,14-15H2,1-2H3,(H,27,33)(H,28,35)(H,29,34)/t23-/m1/s1. The van der Waals surface area contributed by atoms with Crippen molar-refractivity contribution in [3.8, 4) is 5.75 Å². The third-order valence-corrected chi connectivity index (χ3v) is 5.69. The van der Waals surface area contributed by atoms with Crippen molar-refractivity contribution >= 4 is 17.7 Å². The van der Waals surface area contributed by atoms with Crippen molar-refractivity contribution in [1.82, 2.24) is 30.9 Å². The highest BCUT2D eigenvalue weighted by Crippen LogP contribution is 2.14. The highest BCUT2D eigenvalue weighted by atomic mass is 16.5. The zero-order chi connectivity index (χ0) is 25.5. The first-order valence-electron chi connectivity index (χ1n) is 11.9. The molecule has 3 N–H and O–H groups in total. The van der Waals surface area contributed by atoms with E-state index in [1.807, 2.05) is 19.9 Å². The Kier molecular flexibility index (Phi) is 7.94. The van der Waals surface area contributed by atoms with Crippen LogP contribution >= 0.6 is 0 Å². The zero-order valence-electron chi connectivity index (χ0n) is 20.4. The lowest BCUT2D eigenvalue weighted by molar-refractivity contribution is -0.123. The first-order valence-corrected chi connectivity index (χ1v) is 11.9. The van der Waals surface area contributed by atoms with Crippen molar-refractivity contribution in [3.63, 3.8) is 0 Å². The number of carbonyl (C=O) groups excluding carboxylic acids is 3. The lowest BCUT2D eigenvalue weighted by atomic mass is 10.0. The molecule has 0 radical (unpaired) electrons. The summed E-state index contributed by atoms with van der Waals surface area (Å²) in [6.07, 6.45) is 2.22. The quantitative estimate of drug-likeness (QED) is 0.505. The Balaban J connectivity index is 1.58. The van der Waals surface area contributed by atoms with Crippen molar-refractivity contribution in [3.05, 3.63) is 77.1 Å². The van der Waals surface area contributed by atoms with Crippen LogP contribution in [0.1, 0.15) is 52.2 Å². The first kappa shape index (κ1) is 24.9. The number of carbonyl (C=O) groups is 3. The summed E-state index contributed by atoms with van der Waals surface area (Å²) in [6.45, 7) is 5.19. The van der Waals surface area contributed by atoms with Gasteiger partial charge in [0.25, 0.3) is 11.8 Å². The van der Waals surface area contributed by atoms with Crippen LogP contribution in [0.5, 0.6) is 5.75 Å². The van der Waals surface area contributed by atoms with Gasteiger partial charge in [0.2, 0.25) is 5.91 Å². The molecule has 0 unspecified atom stereocenters. The summed E-state index contributed by atoms with van der Waals surface area (Å²) in [7, 11) is 0. The lowest BCUT2D eigenvalue weighted by Crippen LogP contribution is -2.47. The highest BCUT2D eigenvalue weighted by molar-refractivity contribution is 5.98. The van der Waals surface area contributed by atoms with E-state index in [2.05, 4.69) is 26.3 Å². The number of rotatable bonds is 2. The van der Waals surface area contributed by atoms with E-state index in [0.29, 0.717) is 42.1 Å². The monoisotopic (exact) mass is 490 g/mol. The van der Waals surface area contributed by atoms with Crippen molar-refractivity contribution in [2.75, 3.05) is 6.61 Å². The molecule has 0 saturated heterocycles. The molecule has 2 heterocycles. The van der Waals surface area contributed by atoms with Gasteiger partial charge in [0.15, 0.2) is 0 Å². The number of ether oxygens (including phenoxy) is 1. The maximum absolute atomic E-state index is 13.0. The van der Waals surface area contributed by atoms with Crippen molar-refractivity contribution < 1.29 is 19.1 Å². The second-order valence-corrected chi connectivity index (χ2v) is 9.11. The number of amides is 3. The summed E-state index contributed by atoms with van der Waals surface area (Å²) in [5.41, 5.74) is 2.24.